The molecule has 0 saturated heterocycles. The molecule has 5 rings (SSSR count). The minimum atomic E-state index is 0.609. The molecule has 0 atom stereocenters. The fraction of sp³-hybridized carbons (Fsp3) is 0. The van der Waals surface area contributed by atoms with E-state index in [0.717, 1.165) is 34.0 Å². The molecule has 4 aromatic carbocycles. The van der Waals surface area contributed by atoms with Gasteiger partial charge in [0, 0.05) is 28.7 Å². The summed E-state index contributed by atoms with van der Waals surface area (Å²) < 4.78 is 2.03. The van der Waals surface area contributed by atoms with Gasteiger partial charge in [0.1, 0.15) is 5.84 Å². The second kappa shape index (κ2) is 9.14. The third-order valence-corrected chi connectivity index (χ3v) is 5.09. The second-order valence-electron chi connectivity index (χ2n) is 7.32. The average Bonchev–Trinajstić information content (AvgIpc) is 3.30. The molecule has 1 aromatic heterocycles. The summed E-state index contributed by atoms with van der Waals surface area (Å²) in [6, 6.07) is 40.5. The van der Waals surface area contributed by atoms with Crippen molar-refractivity contribution < 1.29 is 0 Å². The number of anilines is 1. The quantitative estimate of drug-likeness (QED) is 0.256. The highest BCUT2D eigenvalue weighted by Gasteiger charge is 2.13. The Hall–Kier alpha value is -4.44. The standard InChI is InChI=1S/C28H22N4/c1-5-13-22(14-6-1)26-21-32(25-19-11-4-12-20-25)28(30-26)31-27(23-15-7-2-8-16-23)29-24-17-9-3-10-18-24/h1-21H,(H,29,30,31). The summed E-state index contributed by atoms with van der Waals surface area (Å²) in [5, 5.41) is 3.47. The third-order valence-electron chi connectivity index (χ3n) is 5.09. The largest absolute Gasteiger partial charge is 0.340 e. The molecular formula is C28H22N4. The van der Waals surface area contributed by atoms with Gasteiger partial charge in [0.15, 0.2) is 0 Å². The van der Waals surface area contributed by atoms with Gasteiger partial charge in [-0.2, -0.15) is 4.99 Å². The Morgan fingerprint density at radius 3 is 1.88 bits per heavy atom. The lowest BCUT2D eigenvalue weighted by Crippen LogP contribution is -2.13. The predicted octanol–water partition coefficient (Wildman–Crippen LogP) is 6.73. The van der Waals surface area contributed by atoms with Gasteiger partial charge in [0.2, 0.25) is 5.95 Å². The van der Waals surface area contributed by atoms with E-state index in [1.807, 2.05) is 108 Å². The first-order valence-electron chi connectivity index (χ1n) is 10.5. The van der Waals surface area contributed by atoms with Crippen molar-refractivity contribution in [2.45, 2.75) is 0 Å². The second-order valence-corrected chi connectivity index (χ2v) is 7.32. The predicted molar refractivity (Wildman–Crippen MR) is 132 cm³/mol. The van der Waals surface area contributed by atoms with Crippen molar-refractivity contribution in [3.8, 4) is 16.9 Å². The van der Waals surface area contributed by atoms with E-state index in [2.05, 4.69) is 29.6 Å². The summed E-state index contributed by atoms with van der Waals surface area (Å²) >= 11 is 0. The van der Waals surface area contributed by atoms with Crippen molar-refractivity contribution >= 4 is 17.5 Å². The first kappa shape index (κ1) is 19.5. The van der Waals surface area contributed by atoms with Crippen LogP contribution in [0.2, 0.25) is 0 Å². The molecular weight excluding hydrogens is 392 g/mol. The maximum absolute atomic E-state index is 5.00. The number of hydrogen-bond acceptors (Lipinski definition) is 2. The molecule has 4 heteroatoms. The van der Waals surface area contributed by atoms with Crippen LogP contribution in [0, 0.1) is 0 Å². The number of aliphatic imine (C=N–C) groups is 1. The fourth-order valence-corrected chi connectivity index (χ4v) is 3.49. The molecule has 0 fully saturated rings. The molecule has 0 amide bonds. The lowest BCUT2D eigenvalue weighted by Gasteiger charge is -2.11. The molecule has 0 aliphatic carbocycles. The van der Waals surface area contributed by atoms with Gasteiger partial charge in [-0.1, -0.05) is 97.1 Å². The highest BCUT2D eigenvalue weighted by Crippen LogP contribution is 2.26. The highest BCUT2D eigenvalue weighted by atomic mass is 15.2. The fourth-order valence-electron chi connectivity index (χ4n) is 3.49. The Balaban J connectivity index is 1.65. The number of nitrogens with zero attached hydrogens (tertiary/aromatic N) is 3. The molecule has 1 N–H and O–H groups in total. The number of para-hydroxylation sites is 2. The van der Waals surface area contributed by atoms with Gasteiger partial charge in [-0.05, 0) is 24.3 Å². The van der Waals surface area contributed by atoms with Crippen molar-refractivity contribution in [3.05, 3.63) is 133 Å². The summed E-state index contributed by atoms with van der Waals surface area (Å²) in [5.41, 5.74) is 4.89. The maximum Gasteiger partial charge on any atom is 0.236 e. The number of imidazole rings is 1. The maximum atomic E-state index is 5.00. The molecule has 0 saturated carbocycles. The normalized spacial score (nSPS) is 11.3. The van der Waals surface area contributed by atoms with Crippen LogP contribution in [-0.4, -0.2) is 15.4 Å². The van der Waals surface area contributed by atoms with Crippen LogP contribution in [0.25, 0.3) is 16.9 Å². The van der Waals surface area contributed by atoms with E-state index in [-0.39, 0.29) is 0 Å². The summed E-state index contributed by atoms with van der Waals surface area (Å²) in [5.74, 6) is 1.34. The first-order chi connectivity index (χ1) is 15.9. The van der Waals surface area contributed by atoms with E-state index < -0.39 is 0 Å². The lowest BCUT2D eigenvalue weighted by atomic mass is 10.2. The monoisotopic (exact) mass is 414 g/mol. The van der Waals surface area contributed by atoms with Crippen LogP contribution >= 0.6 is 0 Å². The molecule has 154 valence electrons. The van der Waals surface area contributed by atoms with Gasteiger partial charge in [0.25, 0.3) is 0 Å². The molecule has 0 bridgehead atoms. The Labute approximate surface area is 187 Å². The van der Waals surface area contributed by atoms with Crippen LogP contribution in [0.5, 0.6) is 0 Å². The summed E-state index contributed by atoms with van der Waals surface area (Å²) in [6.45, 7) is 0. The molecule has 1 heterocycles. The van der Waals surface area contributed by atoms with Crippen LogP contribution < -0.4 is 5.32 Å². The van der Waals surface area contributed by atoms with E-state index in [4.69, 9.17) is 9.98 Å². The zero-order chi connectivity index (χ0) is 21.6. The topological polar surface area (TPSA) is 42.2 Å². The van der Waals surface area contributed by atoms with Crippen LogP contribution in [-0.2, 0) is 0 Å². The van der Waals surface area contributed by atoms with E-state index in [1.165, 1.54) is 0 Å². The van der Waals surface area contributed by atoms with Gasteiger partial charge in [-0.25, -0.2) is 4.98 Å². The Morgan fingerprint density at radius 2 is 1.22 bits per heavy atom. The number of nitrogens with one attached hydrogen (secondary N) is 1. The van der Waals surface area contributed by atoms with E-state index in [9.17, 15) is 0 Å². The SMILES string of the molecule is c1ccc(N/C(=N/c2nc(-c3ccccc3)cn2-c2ccccc2)c2ccccc2)cc1. The number of benzene rings is 4. The summed E-state index contributed by atoms with van der Waals surface area (Å²) in [4.78, 5) is 9.90. The Kier molecular flexibility index (Phi) is 5.58. The van der Waals surface area contributed by atoms with Crippen molar-refractivity contribution in [2.24, 2.45) is 4.99 Å². The van der Waals surface area contributed by atoms with E-state index in [1.54, 1.807) is 0 Å². The van der Waals surface area contributed by atoms with Crippen LogP contribution in [0.1, 0.15) is 5.56 Å². The van der Waals surface area contributed by atoms with Crippen molar-refractivity contribution in [1.82, 2.24) is 9.55 Å². The zero-order valence-electron chi connectivity index (χ0n) is 17.5. The molecule has 0 unspecified atom stereocenters. The first-order valence-corrected chi connectivity index (χ1v) is 10.5. The van der Waals surface area contributed by atoms with E-state index in [0.29, 0.717) is 5.95 Å². The van der Waals surface area contributed by atoms with Crippen molar-refractivity contribution in [1.29, 1.82) is 0 Å². The molecule has 32 heavy (non-hydrogen) atoms. The van der Waals surface area contributed by atoms with Crippen molar-refractivity contribution in [2.75, 3.05) is 5.32 Å². The average molecular weight is 415 g/mol. The molecule has 0 aliphatic rings. The number of rotatable bonds is 5. The highest BCUT2D eigenvalue weighted by molar-refractivity contribution is 6.09. The molecule has 4 nitrogen and oxygen atoms in total. The van der Waals surface area contributed by atoms with Gasteiger partial charge >= 0.3 is 0 Å². The van der Waals surface area contributed by atoms with Gasteiger partial charge < -0.3 is 5.32 Å². The summed E-state index contributed by atoms with van der Waals surface area (Å²) in [6.07, 6.45) is 2.04. The lowest BCUT2D eigenvalue weighted by molar-refractivity contribution is 1.04. The smallest absolute Gasteiger partial charge is 0.236 e. The Morgan fingerprint density at radius 1 is 0.656 bits per heavy atom. The van der Waals surface area contributed by atoms with Crippen LogP contribution in [0.4, 0.5) is 11.6 Å². The van der Waals surface area contributed by atoms with Crippen molar-refractivity contribution in [3.63, 3.8) is 0 Å². The van der Waals surface area contributed by atoms with Crippen LogP contribution in [0.3, 0.4) is 0 Å². The minimum absolute atomic E-state index is 0.609. The molecule has 0 spiro atoms. The number of hydrogen-bond donors (Lipinski definition) is 1. The zero-order valence-corrected chi connectivity index (χ0v) is 17.5. The molecule has 0 radical (unpaired) electrons. The minimum Gasteiger partial charge on any atom is -0.340 e. The van der Waals surface area contributed by atoms with Crippen LogP contribution in [0.15, 0.2) is 133 Å². The molecule has 5 aromatic rings. The Bertz CT molecular complexity index is 1310. The third kappa shape index (κ3) is 4.35. The number of aromatic nitrogens is 2. The molecule has 0 aliphatic heterocycles. The van der Waals surface area contributed by atoms with E-state index >= 15 is 0 Å². The summed E-state index contributed by atoms with van der Waals surface area (Å²) in [7, 11) is 0. The van der Waals surface area contributed by atoms with Gasteiger partial charge in [-0.3, -0.25) is 4.57 Å². The van der Waals surface area contributed by atoms with Gasteiger partial charge in [-0.15, -0.1) is 0 Å². The van der Waals surface area contributed by atoms with Gasteiger partial charge in [0.05, 0.1) is 5.69 Å². The number of amidine groups is 1.